The third kappa shape index (κ3) is 5.23. The molecule has 0 saturated heterocycles. The number of nitrogens with one attached hydrogen (secondary N) is 1. The second-order valence-electron chi connectivity index (χ2n) is 3.20. The molecule has 0 amide bonds. The quantitative estimate of drug-likeness (QED) is 0.641. The van der Waals surface area contributed by atoms with E-state index in [9.17, 15) is 4.79 Å². The smallest absolute Gasteiger partial charge is 0.307 e. The number of halogens is 1. The number of hydrogen-bond acceptors (Lipinski definition) is 4. The van der Waals surface area contributed by atoms with Gasteiger partial charge in [0.2, 0.25) is 0 Å². The van der Waals surface area contributed by atoms with Crippen LogP contribution in [0.25, 0.3) is 0 Å². The van der Waals surface area contributed by atoms with Crippen LogP contribution in [0, 0.1) is 0 Å². The summed E-state index contributed by atoms with van der Waals surface area (Å²) in [6.45, 7) is 3.51. The van der Waals surface area contributed by atoms with Crippen molar-refractivity contribution in [3.8, 4) is 0 Å². The Labute approximate surface area is 104 Å². The number of hydrogen-bond donors (Lipinski definition) is 1. The van der Waals surface area contributed by atoms with Crippen molar-refractivity contribution in [3.05, 3.63) is 28.5 Å². The number of ether oxygens (including phenoxy) is 1. The van der Waals surface area contributed by atoms with Crippen molar-refractivity contribution in [3.63, 3.8) is 0 Å². The Kier molecular flexibility index (Phi) is 6.03. The van der Waals surface area contributed by atoms with Crippen LogP contribution in [0.5, 0.6) is 0 Å². The lowest BCUT2D eigenvalue weighted by atomic mass is 10.3. The van der Waals surface area contributed by atoms with Crippen molar-refractivity contribution in [1.29, 1.82) is 0 Å². The van der Waals surface area contributed by atoms with E-state index in [1.807, 2.05) is 12.1 Å². The molecule has 4 nitrogen and oxygen atoms in total. The summed E-state index contributed by atoms with van der Waals surface area (Å²) in [4.78, 5) is 15.2. The predicted molar refractivity (Wildman–Crippen MR) is 64.9 cm³/mol. The molecule has 0 spiro atoms. The lowest BCUT2D eigenvalue weighted by molar-refractivity contribution is -0.142. The Morgan fingerprint density at radius 2 is 2.38 bits per heavy atom. The first-order valence-corrected chi connectivity index (χ1v) is 5.98. The maximum Gasteiger partial charge on any atom is 0.307 e. The van der Waals surface area contributed by atoms with E-state index in [-0.39, 0.29) is 5.97 Å². The molecule has 0 saturated carbocycles. The van der Waals surface area contributed by atoms with Crippen molar-refractivity contribution < 1.29 is 9.53 Å². The molecule has 1 heterocycles. The first-order valence-electron chi connectivity index (χ1n) is 5.19. The zero-order valence-corrected chi connectivity index (χ0v) is 10.8. The van der Waals surface area contributed by atoms with Gasteiger partial charge in [0.1, 0.15) is 0 Å². The van der Waals surface area contributed by atoms with Gasteiger partial charge in [0.05, 0.1) is 18.7 Å². The fourth-order valence-corrected chi connectivity index (χ4v) is 1.39. The second-order valence-corrected chi connectivity index (χ2v) is 4.12. The van der Waals surface area contributed by atoms with Crippen LogP contribution in [0.15, 0.2) is 22.8 Å². The van der Waals surface area contributed by atoms with Crippen molar-refractivity contribution in [2.45, 2.75) is 19.9 Å². The van der Waals surface area contributed by atoms with Crippen LogP contribution in [-0.2, 0) is 16.1 Å². The second kappa shape index (κ2) is 7.35. The molecule has 0 aromatic carbocycles. The normalized spacial score (nSPS) is 10.1. The molecular weight excluding hydrogens is 272 g/mol. The Hall–Kier alpha value is -0.940. The Morgan fingerprint density at radius 1 is 1.56 bits per heavy atom. The summed E-state index contributed by atoms with van der Waals surface area (Å²) in [5.74, 6) is -0.168. The monoisotopic (exact) mass is 286 g/mol. The highest BCUT2D eigenvalue weighted by molar-refractivity contribution is 9.10. The summed E-state index contributed by atoms with van der Waals surface area (Å²) >= 11 is 3.32. The largest absolute Gasteiger partial charge is 0.466 e. The third-order valence-electron chi connectivity index (χ3n) is 1.91. The molecule has 16 heavy (non-hydrogen) atoms. The van der Waals surface area contributed by atoms with Crippen LogP contribution in [0.1, 0.15) is 19.0 Å². The van der Waals surface area contributed by atoms with Crippen molar-refractivity contribution in [2.75, 3.05) is 13.2 Å². The van der Waals surface area contributed by atoms with Crippen LogP contribution in [0.2, 0.25) is 0 Å². The van der Waals surface area contributed by atoms with Crippen molar-refractivity contribution in [1.82, 2.24) is 10.3 Å². The lowest BCUT2D eigenvalue weighted by Crippen LogP contribution is -2.19. The lowest BCUT2D eigenvalue weighted by Gasteiger charge is -2.04. The summed E-state index contributed by atoms with van der Waals surface area (Å²) in [5.41, 5.74) is 0.951. The molecule has 0 fully saturated rings. The zero-order valence-electron chi connectivity index (χ0n) is 9.20. The first-order chi connectivity index (χ1) is 7.72. The highest BCUT2D eigenvalue weighted by atomic mass is 79.9. The van der Waals surface area contributed by atoms with Gasteiger partial charge < -0.3 is 10.1 Å². The number of aromatic nitrogens is 1. The molecule has 88 valence electrons. The summed E-state index contributed by atoms with van der Waals surface area (Å²) in [6.07, 6.45) is 2.15. The van der Waals surface area contributed by atoms with Gasteiger partial charge in [-0.25, -0.2) is 0 Å². The number of carbonyl (C=O) groups is 1. The molecule has 1 rings (SSSR count). The van der Waals surface area contributed by atoms with Crippen LogP contribution < -0.4 is 5.32 Å². The SMILES string of the molecule is CCOC(=O)CCNCc1ccc(Br)cn1. The van der Waals surface area contributed by atoms with E-state index in [1.165, 1.54) is 0 Å². The number of rotatable bonds is 6. The first kappa shape index (κ1) is 13.1. The van der Waals surface area contributed by atoms with Crippen molar-refractivity contribution in [2.24, 2.45) is 0 Å². The number of nitrogens with zero attached hydrogens (tertiary/aromatic N) is 1. The van der Waals surface area contributed by atoms with Crippen LogP contribution in [-0.4, -0.2) is 24.1 Å². The Bertz CT molecular complexity index is 327. The van der Waals surface area contributed by atoms with Gasteiger partial charge in [0, 0.05) is 23.8 Å². The van der Waals surface area contributed by atoms with E-state index in [2.05, 4.69) is 26.2 Å². The molecule has 0 bridgehead atoms. The molecule has 0 aliphatic rings. The Balaban J connectivity index is 2.16. The fourth-order valence-electron chi connectivity index (χ4n) is 1.15. The predicted octanol–water partition coefficient (Wildman–Crippen LogP) is 1.89. The number of pyridine rings is 1. The molecule has 1 aromatic rings. The summed E-state index contributed by atoms with van der Waals surface area (Å²) < 4.78 is 5.77. The standard InChI is InChI=1S/C11H15BrN2O2/c1-2-16-11(15)5-6-13-8-10-4-3-9(12)7-14-10/h3-4,7,13H,2,5-6,8H2,1H3. The maximum absolute atomic E-state index is 11.0. The molecule has 0 radical (unpaired) electrons. The highest BCUT2D eigenvalue weighted by Crippen LogP contribution is 2.06. The van der Waals surface area contributed by atoms with Gasteiger partial charge in [0.25, 0.3) is 0 Å². The molecule has 1 N–H and O–H groups in total. The van der Waals surface area contributed by atoms with Crippen LogP contribution in [0.4, 0.5) is 0 Å². The van der Waals surface area contributed by atoms with Gasteiger partial charge in [-0.3, -0.25) is 9.78 Å². The van der Waals surface area contributed by atoms with Gasteiger partial charge in [0.15, 0.2) is 0 Å². The molecule has 1 aromatic heterocycles. The van der Waals surface area contributed by atoms with E-state index in [0.717, 1.165) is 10.2 Å². The zero-order chi connectivity index (χ0) is 11.8. The molecule has 0 unspecified atom stereocenters. The minimum absolute atomic E-state index is 0.168. The van der Waals surface area contributed by atoms with E-state index in [0.29, 0.717) is 26.1 Å². The van der Waals surface area contributed by atoms with Gasteiger partial charge in [-0.15, -0.1) is 0 Å². The van der Waals surface area contributed by atoms with Crippen LogP contribution in [0.3, 0.4) is 0 Å². The van der Waals surface area contributed by atoms with E-state index in [1.54, 1.807) is 13.1 Å². The van der Waals surface area contributed by atoms with Gasteiger partial charge in [-0.05, 0) is 35.0 Å². The number of carbonyl (C=O) groups excluding carboxylic acids is 1. The van der Waals surface area contributed by atoms with Gasteiger partial charge >= 0.3 is 5.97 Å². The van der Waals surface area contributed by atoms with E-state index < -0.39 is 0 Å². The molecule has 5 heteroatoms. The summed E-state index contributed by atoms with van der Waals surface area (Å²) in [7, 11) is 0. The van der Waals surface area contributed by atoms with E-state index in [4.69, 9.17) is 4.74 Å². The minimum Gasteiger partial charge on any atom is -0.466 e. The molecule has 0 aliphatic heterocycles. The van der Waals surface area contributed by atoms with Gasteiger partial charge in [-0.1, -0.05) is 0 Å². The Morgan fingerprint density at radius 3 is 3.00 bits per heavy atom. The highest BCUT2D eigenvalue weighted by Gasteiger charge is 2.00. The number of esters is 1. The average molecular weight is 287 g/mol. The third-order valence-corrected chi connectivity index (χ3v) is 2.38. The molecule has 0 aliphatic carbocycles. The molecular formula is C11H15BrN2O2. The topological polar surface area (TPSA) is 51.2 Å². The van der Waals surface area contributed by atoms with Crippen molar-refractivity contribution >= 4 is 21.9 Å². The molecule has 0 atom stereocenters. The average Bonchev–Trinajstić information content (AvgIpc) is 2.27. The summed E-state index contributed by atoms with van der Waals surface area (Å²) in [6, 6.07) is 3.87. The minimum atomic E-state index is -0.168. The summed E-state index contributed by atoms with van der Waals surface area (Å²) in [5, 5.41) is 3.13. The van der Waals surface area contributed by atoms with Gasteiger partial charge in [-0.2, -0.15) is 0 Å². The van der Waals surface area contributed by atoms with Crippen LogP contribution >= 0.6 is 15.9 Å². The van der Waals surface area contributed by atoms with E-state index >= 15 is 0 Å². The fraction of sp³-hybridized carbons (Fsp3) is 0.455. The maximum atomic E-state index is 11.0.